The Bertz CT molecular complexity index is 1020. The first-order valence-corrected chi connectivity index (χ1v) is 9.03. The van der Waals surface area contributed by atoms with Gasteiger partial charge in [0, 0.05) is 10.7 Å². The number of rotatable bonds is 4. The second-order valence-corrected chi connectivity index (χ2v) is 7.01. The quantitative estimate of drug-likeness (QED) is 0.365. The molecule has 0 spiro atoms. The van der Waals surface area contributed by atoms with Gasteiger partial charge < -0.3 is 15.5 Å². The topological polar surface area (TPSA) is 119 Å². The van der Waals surface area contributed by atoms with Crippen LogP contribution < -0.4 is 10.2 Å². The van der Waals surface area contributed by atoms with E-state index in [0.29, 0.717) is 5.69 Å². The fourth-order valence-corrected chi connectivity index (χ4v) is 3.05. The highest BCUT2D eigenvalue weighted by Crippen LogP contribution is 2.25. The number of anilines is 1. The van der Waals surface area contributed by atoms with Gasteiger partial charge in [0.25, 0.3) is 5.91 Å². The maximum Gasteiger partial charge on any atom is 0.339 e. The Morgan fingerprint density at radius 1 is 1.21 bits per heavy atom. The van der Waals surface area contributed by atoms with Crippen molar-refractivity contribution in [3.63, 3.8) is 0 Å². The minimum absolute atomic E-state index is 0.0419. The number of carboxylic acid groups (broad SMARTS) is 1. The molecule has 8 nitrogen and oxygen atoms in total. The molecule has 1 atom stereocenters. The number of carbonyl (C=O) groups is 3. The Morgan fingerprint density at radius 3 is 2.54 bits per heavy atom. The maximum absolute atomic E-state index is 12.8. The number of aromatic hydroxyl groups is 1. The van der Waals surface area contributed by atoms with E-state index in [0.717, 1.165) is 16.8 Å². The van der Waals surface area contributed by atoms with Crippen LogP contribution in [0.25, 0.3) is 0 Å². The first-order chi connectivity index (χ1) is 13.3. The summed E-state index contributed by atoms with van der Waals surface area (Å²) in [5.41, 5.74) is 0.306. The molecule has 0 aliphatic carbocycles. The van der Waals surface area contributed by atoms with Gasteiger partial charge in [0.05, 0.1) is 11.4 Å². The largest absolute Gasteiger partial charge is 0.507 e. The van der Waals surface area contributed by atoms with Gasteiger partial charge in [-0.05, 0) is 54.7 Å². The number of halogens is 1. The Morgan fingerprint density at radius 2 is 1.89 bits per heavy atom. The van der Waals surface area contributed by atoms with Crippen LogP contribution >= 0.6 is 28.1 Å². The molecule has 2 aromatic rings. The minimum Gasteiger partial charge on any atom is -0.507 e. The zero-order chi connectivity index (χ0) is 20.4. The van der Waals surface area contributed by atoms with Gasteiger partial charge in [-0.25, -0.2) is 4.79 Å². The lowest BCUT2D eigenvalue weighted by atomic mass is 10.1. The van der Waals surface area contributed by atoms with Crippen molar-refractivity contribution in [1.29, 1.82) is 0 Å². The Hall–Kier alpha value is -3.11. The van der Waals surface area contributed by atoms with Crippen molar-refractivity contribution in [3.8, 4) is 5.75 Å². The van der Waals surface area contributed by atoms with Crippen LogP contribution in [-0.2, 0) is 9.59 Å². The molecule has 0 bridgehead atoms. The van der Waals surface area contributed by atoms with E-state index in [-0.39, 0.29) is 16.4 Å². The number of carbonyl (C=O) groups excluding carboxylic acids is 2. The number of hydrogen-bond acceptors (Lipinski definition) is 6. The van der Waals surface area contributed by atoms with Crippen LogP contribution in [0.1, 0.15) is 10.4 Å². The van der Waals surface area contributed by atoms with Crippen molar-refractivity contribution in [1.82, 2.24) is 5.32 Å². The smallest absolute Gasteiger partial charge is 0.339 e. The summed E-state index contributed by atoms with van der Waals surface area (Å²) in [5.74, 6) is -4.21. The van der Waals surface area contributed by atoms with Gasteiger partial charge in [0.1, 0.15) is 11.3 Å². The minimum atomic E-state index is -1.33. The van der Waals surface area contributed by atoms with Crippen LogP contribution in [0.3, 0.4) is 0 Å². The first-order valence-electron chi connectivity index (χ1n) is 7.83. The summed E-state index contributed by atoms with van der Waals surface area (Å²) in [6.45, 7) is 0. The maximum atomic E-state index is 12.8. The number of hydrogen-bond donors (Lipinski definition) is 3. The molecule has 2 amide bonds. The van der Waals surface area contributed by atoms with Crippen molar-refractivity contribution in [3.05, 3.63) is 52.5 Å². The first kappa shape index (κ1) is 19.6. The summed E-state index contributed by atoms with van der Waals surface area (Å²) in [4.78, 5) is 41.3. The molecule has 0 aromatic heterocycles. The van der Waals surface area contributed by atoms with Gasteiger partial charge in [-0.3, -0.25) is 19.5 Å². The van der Waals surface area contributed by atoms with Crippen LogP contribution in [0.2, 0.25) is 0 Å². The zero-order valence-corrected chi connectivity index (χ0v) is 16.4. The lowest BCUT2D eigenvalue weighted by Crippen LogP contribution is -2.58. The number of phenols is 1. The number of amides is 2. The number of carboxylic acids is 1. The number of nitrogens with zero attached hydrogens (tertiary/aromatic N) is 2. The van der Waals surface area contributed by atoms with Gasteiger partial charge in [0.15, 0.2) is 11.0 Å². The number of aliphatic imine (C=N–C) groups is 1. The van der Waals surface area contributed by atoms with Gasteiger partial charge in [-0.2, -0.15) is 0 Å². The van der Waals surface area contributed by atoms with E-state index in [1.54, 1.807) is 24.3 Å². The van der Waals surface area contributed by atoms with Gasteiger partial charge in [-0.1, -0.05) is 15.9 Å². The highest BCUT2D eigenvalue weighted by molar-refractivity contribution is 9.10. The summed E-state index contributed by atoms with van der Waals surface area (Å²) in [6, 6.07) is 10.5. The summed E-state index contributed by atoms with van der Waals surface area (Å²) in [6.07, 6.45) is 1.11. The molecule has 1 saturated heterocycles. The van der Waals surface area contributed by atoms with Crippen molar-refractivity contribution < 1.29 is 24.6 Å². The van der Waals surface area contributed by atoms with Gasteiger partial charge in [-0.15, -0.1) is 0 Å². The number of aromatic carboxylic acids is 1. The SMILES string of the molecule is O=C(O)c1cc(N=C[C@@H]2C(=O)NC(=S)N(c3ccc(Br)cc3)C2=O)ccc1O. The lowest BCUT2D eigenvalue weighted by molar-refractivity contribution is -0.130. The molecule has 2 aromatic carbocycles. The van der Waals surface area contributed by atoms with Gasteiger partial charge in [0.2, 0.25) is 5.91 Å². The van der Waals surface area contributed by atoms with Crippen molar-refractivity contribution in [2.45, 2.75) is 0 Å². The second kappa shape index (κ2) is 7.87. The lowest BCUT2D eigenvalue weighted by Gasteiger charge is -2.30. The second-order valence-electron chi connectivity index (χ2n) is 5.71. The Kier molecular flexibility index (Phi) is 5.52. The molecular formula is C18H12BrN3O5S. The third kappa shape index (κ3) is 3.92. The van der Waals surface area contributed by atoms with Crippen molar-refractivity contribution in [2.24, 2.45) is 10.9 Å². The van der Waals surface area contributed by atoms with E-state index in [2.05, 4.69) is 26.2 Å². The molecule has 1 heterocycles. The molecule has 3 rings (SSSR count). The molecule has 0 radical (unpaired) electrons. The van der Waals surface area contributed by atoms with E-state index >= 15 is 0 Å². The van der Waals surface area contributed by atoms with E-state index in [1.807, 2.05) is 0 Å². The molecule has 1 fully saturated rings. The zero-order valence-electron chi connectivity index (χ0n) is 14.0. The summed E-state index contributed by atoms with van der Waals surface area (Å²) in [7, 11) is 0. The normalized spacial score (nSPS) is 17.1. The fraction of sp³-hybridized carbons (Fsp3) is 0.0556. The molecule has 0 unspecified atom stereocenters. The predicted octanol–water partition coefficient (Wildman–Crippen LogP) is 2.62. The number of nitrogens with one attached hydrogen (secondary N) is 1. The van der Waals surface area contributed by atoms with Crippen LogP contribution in [0, 0.1) is 5.92 Å². The number of thiocarbonyl (C=S) groups is 1. The summed E-state index contributed by atoms with van der Waals surface area (Å²) >= 11 is 8.42. The van der Waals surface area contributed by atoms with Crippen LogP contribution in [0.5, 0.6) is 5.75 Å². The average Bonchev–Trinajstić information content (AvgIpc) is 2.63. The monoisotopic (exact) mass is 461 g/mol. The summed E-state index contributed by atoms with van der Waals surface area (Å²) in [5, 5.41) is 21.0. The summed E-state index contributed by atoms with van der Waals surface area (Å²) < 4.78 is 0.815. The molecule has 3 N–H and O–H groups in total. The van der Waals surface area contributed by atoms with Crippen molar-refractivity contribution in [2.75, 3.05) is 4.90 Å². The van der Waals surface area contributed by atoms with Crippen molar-refractivity contribution >= 4 is 68.6 Å². The van der Waals surface area contributed by atoms with Crippen LogP contribution in [-0.4, -0.2) is 39.3 Å². The van der Waals surface area contributed by atoms with Gasteiger partial charge >= 0.3 is 5.97 Å². The highest BCUT2D eigenvalue weighted by Gasteiger charge is 2.38. The van der Waals surface area contributed by atoms with E-state index in [9.17, 15) is 19.5 Å². The third-order valence-corrected chi connectivity index (χ3v) is 4.68. The predicted molar refractivity (Wildman–Crippen MR) is 109 cm³/mol. The molecule has 1 aliphatic rings. The van der Waals surface area contributed by atoms with Crippen LogP contribution in [0.4, 0.5) is 11.4 Å². The molecule has 0 saturated carbocycles. The Labute approximate surface area is 172 Å². The average molecular weight is 462 g/mol. The number of benzene rings is 2. The van der Waals surface area contributed by atoms with E-state index < -0.39 is 29.5 Å². The van der Waals surface area contributed by atoms with Crippen LogP contribution in [0.15, 0.2) is 51.9 Å². The molecule has 10 heteroatoms. The van der Waals surface area contributed by atoms with E-state index in [4.69, 9.17) is 17.3 Å². The molecule has 28 heavy (non-hydrogen) atoms. The Balaban J connectivity index is 1.89. The highest BCUT2D eigenvalue weighted by atomic mass is 79.9. The third-order valence-electron chi connectivity index (χ3n) is 3.87. The standard InChI is InChI=1S/C18H12BrN3O5S/c19-9-1-4-11(5-2-9)22-16(25)13(15(24)21-18(22)28)8-20-10-3-6-14(23)12(7-10)17(26)27/h1-8,13,23H,(H,26,27)(H,21,24,28)/t13-/m1/s1. The van der Waals surface area contributed by atoms with E-state index in [1.165, 1.54) is 17.0 Å². The molecule has 1 aliphatic heterocycles. The fourth-order valence-electron chi connectivity index (χ4n) is 2.49. The molecule has 142 valence electrons. The molecular weight excluding hydrogens is 450 g/mol.